The van der Waals surface area contributed by atoms with Crippen LogP contribution in [0.1, 0.15) is 131 Å². The van der Waals surface area contributed by atoms with Crippen molar-refractivity contribution in [2.45, 2.75) is 193 Å². The van der Waals surface area contributed by atoms with Crippen LogP contribution < -0.4 is 21.7 Å². The molecule has 20 nitrogen and oxygen atoms in total. The monoisotopic (exact) mass is 1010 g/mol. The average molecular weight is 1020 g/mol. The summed E-state index contributed by atoms with van der Waals surface area (Å²) in [6.07, 6.45) is 14.8. The molecule has 2 unspecified atom stereocenters. The Hall–Kier alpha value is -3.94. The lowest BCUT2D eigenvalue weighted by Gasteiger charge is -2.36. The summed E-state index contributed by atoms with van der Waals surface area (Å²) in [4.78, 5) is 30.0. The van der Waals surface area contributed by atoms with E-state index in [1.807, 2.05) is 73.7 Å². The molecule has 390 valence electrons. The van der Waals surface area contributed by atoms with Gasteiger partial charge in [-0.2, -0.15) is 0 Å². The number of unbranched alkanes of at least 4 members (excludes halogenated alkanes) is 6. The molecular weight excluding hydrogens is 939 g/mol. The highest BCUT2D eigenvalue weighted by Crippen LogP contribution is 2.55. The molecule has 8 atom stereocenters. The van der Waals surface area contributed by atoms with Crippen molar-refractivity contribution in [1.82, 2.24) is 30.0 Å². The van der Waals surface area contributed by atoms with Gasteiger partial charge < -0.3 is 50.0 Å². The van der Waals surface area contributed by atoms with Crippen LogP contribution in [0.4, 0.5) is 0 Å². The minimum absolute atomic E-state index is 0.0905. The maximum Gasteiger partial charge on any atom is 0.354 e. The number of nitrogens with zero attached hydrogens (tertiary/aromatic N) is 8. The minimum atomic E-state index is -4.12. The average Bonchev–Trinajstić information content (AvgIpc) is 4.01. The lowest BCUT2D eigenvalue weighted by atomic mass is 9.94. The Balaban J connectivity index is 0.985. The predicted octanol–water partition coefficient (Wildman–Crippen LogP) is 6.40. The number of nitrogens with two attached hydrogens (primary N) is 2. The molecule has 3 aromatic rings. The Labute approximate surface area is 413 Å². The Morgan fingerprint density at radius 3 is 1.36 bits per heavy atom. The number of aliphatic imine (C=N–C) groups is 2. The van der Waals surface area contributed by atoms with Gasteiger partial charge in [-0.3, -0.25) is 28.5 Å². The van der Waals surface area contributed by atoms with Gasteiger partial charge in [-0.15, -0.1) is 10.2 Å². The number of aryl methyl sites for hydroxylation is 2. The molecule has 5 rings (SSSR count). The van der Waals surface area contributed by atoms with E-state index in [2.05, 4.69) is 30.6 Å². The third kappa shape index (κ3) is 17.1. The Bertz CT molecular complexity index is 2130. The molecule has 70 heavy (non-hydrogen) atoms. The van der Waals surface area contributed by atoms with Gasteiger partial charge >= 0.3 is 15.2 Å². The van der Waals surface area contributed by atoms with Gasteiger partial charge in [0.15, 0.2) is 0 Å². The van der Waals surface area contributed by atoms with Crippen molar-refractivity contribution < 1.29 is 47.7 Å². The van der Waals surface area contributed by atoms with Crippen LogP contribution >= 0.6 is 15.2 Å². The van der Waals surface area contributed by atoms with E-state index in [4.69, 9.17) is 30.0 Å². The second kappa shape index (κ2) is 27.8. The third-order valence-electron chi connectivity index (χ3n) is 12.7. The highest BCUT2D eigenvalue weighted by atomic mass is 31.2. The number of benzene rings is 1. The summed E-state index contributed by atoms with van der Waals surface area (Å²) in [5.41, 5.74) is 16.1. The molecule has 0 saturated heterocycles. The van der Waals surface area contributed by atoms with Crippen LogP contribution in [0.15, 0.2) is 69.4 Å². The van der Waals surface area contributed by atoms with E-state index in [1.54, 1.807) is 12.2 Å². The van der Waals surface area contributed by atoms with E-state index in [0.717, 1.165) is 86.7 Å². The van der Waals surface area contributed by atoms with Gasteiger partial charge in [0.1, 0.15) is 23.6 Å². The number of rotatable bonds is 30. The summed E-state index contributed by atoms with van der Waals surface area (Å²) in [5, 5.41) is 41.4. The molecule has 0 radical (unpaired) electrons. The predicted molar refractivity (Wildman–Crippen MR) is 267 cm³/mol. The van der Waals surface area contributed by atoms with Crippen molar-refractivity contribution >= 4 is 27.0 Å². The molecule has 0 bridgehead atoms. The van der Waals surface area contributed by atoms with Crippen molar-refractivity contribution in [1.29, 1.82) is 0 Å². The SMILES string of the molecule is CCC(CC)O[C@@H]1C=C(P(=O)(O)OCCCCCCn2cc(-c3ccc(-c4cn(CCCCCCOP(=O)(O)C5=C[C@@H](OC(CC)CC)[C@H](N=C(C)[O-])[C@@H](N)C5)nn4)cc3)nn2)C[C@H](N)[C@H]1N=C(C)[O-]. The van der Waals surface area contributed by atoms with E-state index in [-0.39, 0.29) is 60.7 Å². The van der Waals surface area contributed by atoms with Crippen LogP contribution in [0.25, 0.3) is 22.5 Å². The van der Waals surface area contributed by atoms with Crippen molar-refractivity contribution in [3.8, 4) is 22.5 Å². The quantitative estimate of drug-likeness (QED) is 0.0243. The smallest absolute Gasteiger partial charge is 0.354 e. The number of ether oxygens (including phenoxy) is 2. The molecule has 0 amide bonds. The summed E-state index contributed by atoms with van der Waals surface area (Å²) in [5.74, 6) is -0.729. The fraction of sp³-hybridized carbons (Fsp3) is 0.667. The summed E-state index contributed by atoms with van der Waals surface area (Å²) in [6, 6.07) is 5.36. The standard InChI is InChI=1S/C48H78N10O10P2/c1-7-37(8-2)67-45-29-39(27-41(49)47(45)51-33(5)59)69(61,62)65-25-17-13-11-15-23-57-31-43(53-55-57)35-19-21-36(22-20-35)44-32-58(56-54-44)24-16-12-14-18-26-66-70(63,64)40-28-42(50)48(52-34(6)60)46(30-40)68-38(9-3)10-4/h19-22,29-32,37-38,41-42,45-48H,7-18,23-28,49-50H2,1-6H3,(H,51,59)(H,52,60)(H,61,62)(H,63,64)/p-2/t41-,42-,45+,46+,47+,48+/m0/s1. The zero-order valence-electron chi connectivity index (χ0n) is 41.8. The Morgan fingerprint density at radius 2 is 1.01 bits per heavy atom. The second-order valence-electron chi connectivity index (χ2n) is 18.3. The summed E-state index contributed by atoms with van der Waals surface area (Å²) in [6.45, 7) is 12.3. The van der Waals surface area contributed by atoms with E-state index < -0.39 is 51.6 Å². The Morgan fingerprint density at radius 1 is 0.657 bits per heavy atom. The fourth-order valence-electron chi connectivity index (χ4n) is 8.64. The van der Waals surface area contributed by atoms with E-state index in [0.29, 0.717) is 25.9 Å². The molecule has 2 aromatic heterocycles. The van der Waals surface area contributed by atoms with Crippen LogP contribution in [-0.4, -0.2) is 113 Å². The minimum Gasteiger partial charge on any atom is -0.862 e. The normalized spacial score (nSPS) is 23.1. The topological polar surface area (TPSA) is 296 Å². The number of hydrogen-bond acceptors (Lipinski definition) is 16. The first-order valence-corrected chi connectivity index (χ1v) is 28.1. The van der Waals surface area contributed by atoms with Crippen molar-refractivity contribution in [2.24, 2.45) is 21.5 Å². The zero-order chi connectivity index (χ0) is 50.8. The van der Waals surface area contributed by atoms with Crippen molar-refractivity contribution in [2.75, 3.05) is 13.2 Å². The lowest BCUT2D eigenvalue weighted by Crippen LogP contribution is -2.47. The molecule has 1 aromatic carbocycles. The Kier molecular flexibility index (Phi) is 22.6. The van der Waals surface area contributed by atoms with E-state index in [9.17, 15) is 29.1 Å². The first-order chi connectivity index (χ1) is 33.5. The van der Waals surface area contributed by atoms with Crippen LogP contribution in [0.5, 0.6) is 0 Å². The summed E-state index contributed by atoms with van der Waals surface area (Å²) in [7, 11) is -8.24. The van der Waals surface area contributed by atoms with Gasteiger partial charge in [0.25, 0.3) is 0 Å². The third-order valence-corrected chi connectivity index (χ3v) is 15.9. The molecule has 6 N–H and O–H groups in total. The van der Waals surface area contributed by atoms with Gasteiger partial charge in [-0.1, -0.05) is 88.1 Å². The maximum atomic E-state index is 13.3. The van der Waals surface area contributed by atoms with Gasteiger partial charge in [0, 0.05) is 46.9 Å². The zero-order valence-corrected chi connectivity index (χ0v) is 43.5. The first kappa shape index (κ1) is 57.0. The fourth-order valence-corrected chi connectivity index (χ4v) is 11.3. The van der Waals surface area contributed by atoms with Crippen LogP contribution in [0.2, 0.25) is 0 Å². The maximum absolute atomic E-state index is 13.3. The van der Waals surface area contributed by atoms with Crippen LogP contribution in [0, 0.1) is 0 Å². The summed E-state index contributed by atoms with van der Waals surface area (Å²) >= 11 is 0. The molecule has 2 aliphatic rings. The highest BCUT2D eigenvalue weighted by molar-refractivity contribution is 7.57. The molecule has 22 heteroatoms. The molecule has 2 heterocycles. The molecule has 2 aliphatic carbocycles. The number of hydrogen-bond donors (Lipinski definition) is 4. The first-order valence-electron chi connectivity index (χ1n) is 25.0. The molecule has 0 spiro atoms. The lowest BCUT2D eigenvalue weighted by molar-refractivity contribution is -0.217. The van der Waals surface area contributed by atoms with Gasteiger partial charge in [0.2, 0.25) is 0 Å². The summed E-state index contributed by atoms with van der Waals surface area (Å²) < 4.78 is 53.6. The van der Waals surface area contributed by atoms with Gasteiger partial charge in [-0.25, -0.2) is 0 Å². The number of aromatic nitrogens is 6. The van der Waals surface area contributed by atoms with Gasteiger partial charge in [-0.05, 0) is 102 Å². The largest absolute Gasteiger partial charge is 0.862 e. The van der Waals surface area contributed by atoms with Crippen molar-refractivity contribution in [3.05, 3.63) is 59.4 Å². The van der Waals surface area contributed by atoms with Crippen molar-refractivity contribution in [3.63, 3.8) is 0 Å². The van der Waals surface area contributed by atoms with E-state index >= 15 is 0 Å². The van der Waals surface area contributed by atoms with Crippen LogP contribution in [-0.2, 0) is 40.7 Å². The van der Waals surface area contributed by atoms with Crippen LogP contribution in [0.3, 0.4) is 0 Å². The highest BCUT2D eigenvalue weighted by Gasteiger charge is 2.40. The molecule has 0 fully saturated rings. The second-order valence-corrected chi connectivity index (χ2v) is 22.0. The molecular formula is C48H76N10O10P2-2. The van der Waals surface area contributed by atoms with Gasteiger partial charge in [0.05, 0.1) is 49.9 Å². The van der Waals surface area contributed by atoms with E-state index in [1.165, 1.54) is 13.8 Å². The molecule has 0 aliphatic heterocycles. The molecule has 0 saturated carbocycles.